The summed E-state index contributed by atoms with van der Waals surface area (Å²) in [5.41, 5.74) is 6.11. The fraction of sp³-hybridized carbons (Fsp3) is 0.893. The van der Waals surface area contributed by atoms with Crippen molar-refractivity contribution in [1.29, 1.82) is 0 Å². The monoisotopic (exact) mass is 491 g/mol. The van der Waals surface area contributed by atoms with E-state index >= 15 is 0 Å². The maximum atomic E-state index is 12.2. The van der Waals surface area contributed by atoms with Gasteiger partial charge in [0.05, 0.1) is 6.42 Å². The van der Waals surface area contributed by atoms with Crippen LogP contribution in [0.5, 0.6) is 0 Å². The van der Waals surface area contributed by atoms with Gasteiger partial charge in [-0.2, -0.15) is 0 Å². The van der Waals surface area contributed by atoms with Gasteiger partial charge in [0.25, 0.3) is 0 Å². The van der Waals surface area contributed by atoms with Gasteiger partial charge < -0.3 is 20.7 Å². The Hall–Kier alpha value is -1.63. The molecule has 0 saturated heterocycles. The zero-order chi connectivity index (χ0) is 25.5. The summed E-state index contributed by atoms with van der Waals surface area (Å²) in [7, 11) is 0. The van der Waals surface area contributed by atoms with E-state index in [9.17, 15) is 14.4 Å². The number of nitrogens with two attached hydrogens (primary N) is 1. The lowest BCUT2D eigenvalue weighted by molar-refractivity contribution is -0.164. The van der Waals surface area contributed by atoms with E-state index in [1.165, 1.54) is 38.5 Å². The van der Waals surface area contributed by atoms with Crippen LogP contribution < -0.4 is 5.73 Å². The highest BCUT2D eigenvalue weighted by atomic mass is 16.5. The average molecular weight is 492 g/mol. The van der Waals surface area contributed by atoms with E-state index in [1.807, 2.05) is 0 Å². The quantitative estimate of drug-likeness (QED) is 0.414. The molecule has 0 aromatic rings. The molecule has 0 heterocycles. The van der Waals surface area contributed by atoms with Crippen LogP contribution in [0.25, 0.3) is 0 Å². The standard InChI is InChI=1S/C28H45NO6/c1-16(4-9-24(30)31)20-7-8-21-19-6-5-17-14-18(35-25(32)15-23(29)26(33)34)10-12-27(17,2)22(19)11-13-28(20,21)3/h16-23H,4-15,29H2,1-3H3,(H,30,31)(H,33,34)/t16-,17-,18+,19+,20-,21+,22+,23+,27+,28-/m1/s1. The van der Waals surface area contributed by atoms with Gasteiger partial charge in [-0.05, 0) is 111 Å². The minimum Gasteiger partial charge on any atom is -0.481 e. The number of carbonyl (C=O) groups is 3. The van der Waals surface area contributed by atoms with Gasteiger partial charge in [-0.15, -0.1) is 0 Å². The third kappa shape index (κ3) is 4.99. The molecule has 0 radical (unpaired) electrons. The van der Waals surface area contributed by atoms with E-state index in [1.54, 1.807) is 0 Å². The molecule has 35 heavy (non-hydrogen) atoms. The number of ether oxygens (including phenoxy) is 1. The molecule has 0 unspecified atom stereocenters. The van der Waals surface area contributed by atoms with Crippen LogP contribution in [0.4, 0.5) is 0 Å². The first kappa shape index (κ1) is 26.4. The second kappa shape index (κ2) is 10.0. The van der Waals surface area contributed by atoms with Crippen LogP contribution in [-0.4, -0.2) is 40.3 Å². The number of carboxylic acid groups (broad SMARTS) is 2. The fourth-order valence-electron chi connectivity index (χ4n) is 9.35. The van der Waals surface area contributed by atoms with Crippen LogP contribution in [-0.2, 0) is 19.1 Å². The van der Waals surface area contributed by atoms with Gasteiger partial charge >= 0.3 is 17.9 Å². The van der Waals surface area contributed by atoms with E-state index in [0.717, 1.165) is 37.5 Å². The van der Waals surface area contributed by atoms with Crippen molar-refractivity contribution in [1.82, 2.24) is 0 Å². The van der Waals surface area contributed by atoms with Gasteiger partial charge in [0.15, 0.2) is 0 Å². The minimum absolute atomic E-state index is 0.127. The maximum Gasteiger partial charge on any atom is 0.321 e. The number of aliphatic carboxylic acids is 2. The Morgan fingerprint density at radius 1 is 0.971 bits per heavy atom. The van der Waals surface area contributed by atoms with Gasteiger partial charge in [-0.1, -0.05) is 20.8 Å². The van der Waals surface area contributed by atoms with Crippen molar-refractivity contribution in [2.45, 2.75) is 110 Å². The normalized spacial score (nSPS) is 42.2. The molecule has 198 valence electrons. The second-order valence-corrected chi connectivity index (χ2v) is 12.8. The van der Waals surface area contributed by atoms with E-state index < -0.39 is 23.9 Å². The van der Waals surface area contributed by atoms with Gasteiger partial charge in [0, 0.05) is 6.42 Å². The number of hydrogen-bond donors (Lipinski definition) is 3. The first-order valence-corrected chi connectivity index (χ1v) is 13.9. The fourth-order valence-corrected chi connectivity index (χ4v) is 9.35. The summed E-state index contributed by atoms with van der Waals surface area (Å²) in [6.45, 7) is 7.27. The van der Waals surface area contributed by atoms with Crippen LogP contribution in [0.15, 0.2) is 0 Å². The van der Waals surface area contributed by atoms with Crippen LogP contribution in [0.3, 0.4) is 0 Å². The van der Waals surface area contributed by atoms with Crippen LogP contribution in [0.1, 0.15) is 97.8 Å². The van der Waals surface area contributed by atoms with Crippen molar-refractivity contribution >= 4 is 17.9 Å². The molecule has 4 rings (SSSR count). The molecule has 4 aliphatic carbocycles. The molecule has 0 aliphatic heterocycles. The summed E-state index contributed by atoms with van der Waals surface area (Å²) in [6.07, 6.45) is 10.9. The smallest absolute Gasteiger partial charge is 0.321 e. The van der Waals surface area contributed by atoms with E-state index in [-0.39, 0.29) is 24.4 Å². The molecule has 4 N–H and O–H groups in total. The lowest BCUT2D eigenvalue weighted by Gasteiger charge is -2.61. The van der Waals surface area contributed by atoms with E-state index in [2.05, 4.69) is 20.8 Å². The SMILES string of the molecule is C[C@H](CCC(=O)O)[C@H]1CC[C@H]2[C@@H]3CC[C@@H]4C[C@@H](OC(=O)C[C@H](N)C(=O)O)CC[C@]4(C)[C@H]3CC[C@]12C. The highest BCUT2D eigenvalue weighted by Crippen LogP contribution is 2.68. The van der Waals surface area contributed by atoms with Gasteiger partial charge in [0.1, 0.15) is 12.1 Å². The Morgan fingerprint density at radius 2 is 1.66 bits per heavy atom. The molecule has 0 amide bonds. The average Bonchev–Trinajstić information content (AvgIpc) is 3.14. The topological polar surface area (TPSA) is 127 Å². The predicted molar refractivity (Wildman–Crippen MR) is 131 cm³/mol. The second-order valence-electron chi connectivity index (χ2n) is 12.8. The molecule has 7 nitrogen and oxygen atoms in total. The number of carboxylic acids is 2. The number of hydrogen-bond acceptors (Lipinski definition) is 5. The van der Waals surface area contributed by atoms with Crippen LogP contribution >= 0.6 is 0 Å². The first-order valence-electron chi connectivity index (χ1n) is 13.9. The Bertz CT molecular complexity index is 830. The molecule has 10 atom stereocenters. The van der Waals surface area contributed by atoms with Gasteiger partial charge in [-0.3, -0.25) is 14.4 Å². The minimum atomic E-state index is -1.20. The van der Waals surface area contributed by atoms with Crippen LogP contribution in [0, 0.1) is 46.3 Å². The van der Waals surface area contributed by atoms with E-state index in [0.29, 0.717) is 29.1 Å². The number of rotatable bonds is 8. The van der Waals surface area contributed by atoms with Gasteiger partial charge in [-0.25, -0.2) is 0 Å². The summed E-state index contributed by atoms with van der Waals surface area (Å²) in [6, 6.07) is -1.20. The molecule has 0 bridgehead atoms. The lowest BCUT2D eigenvalue weighted by Crippen LogP contribution is -2.54. The summed E-state index contributed by atoms with van der Waals surface area (Å²) in [4.78, 5) is 34.3. The Labute approximate surface area is 209 Å². The molecule has 4 saturated carbocycles. The molecule has 0 aromatic heterocycles. The van der Waals surface area contributed by atoms with E-state index in [4.69, 9.17) is 20.7 Å². The molecule has 0 spiro atoms. The summed E-state index contributed by atoms with van der Waals surface area (Å²) >= 11 is 0. The third-order valence-corrected chi connectivity index (χ3v) is 11.2. The largest absolute Gasteiger partial charge is 0.481 e. The molecule has 4 aliphatic rings. The summed E-state index contributed by atoms with van der Waals surface area (Å²) in [5, 5.41) is 18.1. The number of fused-ring (bicyclic) bond motifs is 5. The predicted octanol–water partition coefficient (Wildman–Crippen LogP) is 4.86. The molecule has 7 heteroatoms. The molecule has 4 fully saturated rings. The molecular formula is C28H45NO6. The van der Waals surface area contributed by atoms with Gasteiger partial charge in [0.2, 0.25) is 0 Å². The zero-order valence-corrected chi connectivity index (χ0v) is 21.7. The van der Waals surface area contributed by atoms with Crippen molar-refractivity contribution in [2.24, 2.45) is 52.1 Å². The van der Waals surface area contributed by atoms with Crippen molar-refractivity contribution in [3.8, 4) is 0 Å². The molecular weight excluding hydrogens is 446 g/mol. The lowest BCUT2D eigenvalue weighted by atomic mass is 9.44. The first-order chi connectivity index (χ1) is 16.5. The molecule has 0 aromatic carbocycles. The van der Waals surface area contributed by atoms with Crippen molar-refractivity contribution in [2.75, 3.05) is 0 Å². The highest BCUT2D eigenvalue weighted by molar-refractivity contribution is 5.81. The Morgan fingerprint density at radius 3 is 2.34 bits per heavy atom. The van der Waals surface area contributed by atoms with Crippen LogP contribution in [0.2, 0.25) is 0 Å². The van der Waals surface area contributed by atoms with Crippen molar-refractivity contribution < 1.29 is 29.3 Å². The number of carbonyl (C=O) groups excluding carboxylic acids is 1. The Kier molecular flexibility index (Phi) is 7.57. The highest BCUT2D eigenvalue weighted by Gasteiger charge is 2.60. The summed E-state index contributed by atoms with van der Waals surface area (Å²) < 4.78 is 5.68. The third-order valence-electron chi connectivity index (χ3n) is 11.2. The van der Waals surface area contributed by atoms with Crippen molar-refractivity contribution in [3.63, 3.8) is 0 Å². The maximum absolute atomic E-state index is 12.2. The zero-order valence-electron chi connectivity index (χ0n) is 21.7. The number of esters is 1. The Balaban J connectivity index is 1.39. The van der Waals surface area contributed by atoms with Crippen molar-refractivity contribution in [3.05, 3.63) is 0 Å². The summed E-state index contributed by atoms with van der Waals surface area (Å²) in [5.74, 6) is 1.48.